The van der Waals surface area contributed by atoms with Gasteiger partial charge in [0.15, 0.2) is 5.82 Å². The van der Waals surface area contributed by atoms with E-state index in [1.54, 1.807) is 0 Å². The van der Waals surface area contributed by atoms with Gasteiger partial charge >= 0.3 is 0 Å². The Balaban J connectivity index is 1.53. The minimum atomic E-state index is 0.198. The molecule has 2 aliphatic rings. The Morgan fingerprint density at radius 3 is 2.68 bits per heavy atom. The number of benzene rings is 1. The molecule has 25 heavy (non-hydrogen) atoms. The summed E-state index contributed by atoms with van der Waals surface area (Å²) in [6.07, 6.45) is 3.30. The van der Waals surface area contributed by atoms with Gasteiger partial charge in [-0.15, -0.1) is 10.2 Å². The van der Waals surface area contributed by atoms with E-state index in [1.165, 1.54) is 18.4 Å². The molecule has 6 nitrogen and oxygen atoms in total. The summed E-state index contributed by atoms with van der Waals surface area (Å²) in [6, 6.07) is 10.6. The van der Waals surface area contributed by atoms with Gasteiger partial charge in [0.1, 0.15) is 5.82 Å². The third-order valence-electron chi connectivity index (χ3n) is 5.29. The lowest BCUT2D eigenvalue weighted by atomic mass is 10.0. The lowest BCUT2D eigenvalue weighted by Gasteiger charge is -2.35. The average Bonchev–Trinajstić information content (AvgIpc) is 3.26. The molecule has 2 aliphatic heterocycles. The number of aromatic nitrogens is 3. The molecule has 1 atom stereocenters. The van der Waals surface area contributed by atoms with Crippen LogP contribution in [0, 0.1) is 6.92 Å². The predicted octanol–water partition coefficient (Wildman–Crippen LogP) is 1.81. The van der Waals surface area contributed by atoms with E-state index in [-0.39, 0.29) is 11.9 Å². The van der Waals surface area contributed by atoms with E-state index in [4.69, 9.17) is 0 Å². The van der Waals surface area contributed by atoms with Gasteiger partial charge in [0, 0.05) is 6.54 Å². The summed E-state index contributed by atoms with van der Waals surface area (Å²) in [5, 5.41) is 8.57. The van der Waals surface area contributed by atoms with Gasteiger partial charge in [-0.2, -0.15) is 0 Å². The molecule has 0 spiro atoms. The summed E-state index contributed by atoms with van der Waals surface area (Å²) in [6.45, 7) is 5.91. The second-order valence-corrected chi connectivity index (χ2v) is 7.13. The summed E-state index contributed by atoms with van der Waals surface area (Å²) in [5.41, 5.74) is 1.28. The van der Waals surface area contributed by atoms with Crippen LogP contribution in [0.5, 0.6) is 0 Å². The van der Waals surface area contributed by atoms with E-state index >= 15 is 0 Å². The zero-order valence-corrected chi connectivity index (χ0v) is 14.8. The highest BCUT2D eigenvalue weighted by atomic mass is 16.2. The first kappa shape index (κ1) is 16.3. The molecular formula is C19H25N5O. The van der Waals surface area contributed by atoms with Crippen molar-refractivity contribution in [2.45, 2.75) is 38.8 Å². The molecule has 0 unspecified atom stereocenters. The molecule has 1 aromatic heterocycles. The third kappa shape index (κ3) is 3.44. The fraction of sp³-hybridized carbons (Fsp3) is 0.526. The van der Waals surface area contributed by atoms with E-state index in [1.807, 2.05) is 17.9 Å². The van der Waals surface area contributed by atoms with Crippen molar-refractivity contribution in [1.29, 1.82) is 0 Å². The van der Waals surface area contributed by atoms with Gasteiger partial charge < -0.3 is 9.47 Å². The van der Waals surface area contributed by atoms with E-state index < -0.39 is 0 Å². The second kappa shape index (κ2) is 6.96. The molecule has 0 saturated carbocycles. The van der Waals surface area contributed by atoms with Crippen molar-refractivity contribution in [1.82, 2.24) is 24.6 Å². The molecule has 1 amide bonds. The monoisotopic (exact) mass is 339 g/mol. The number of likely N-dealkylation sites (tertiary alicyclic amines) is 1. The molecule has 0 N–H and O–H groups in total. The predicted molar refractivity (Wildman–Crippen MR) is 95.0 cm³/mol. The zero-order valence-electron chi connectivity index (χ0n) is 14.8. The minimum Gasteiger partial charge on any atom is -0.332 e. The second-order valence-electron chi connectivity index (χ2n) is 7.13. The van der Waals surface area contributed by atoms with Gasteiger partial charge in [0.25, 0.3) is 0 Å². The molecule has 1 fully saturated rings. The van der Waals surface area contributed by atoms with E-state index in [2.05, 4.69) is 43.9 Å². The van der Waals surface area contributed by atoms with Crippen LogP contribution in [0.25, 0.3) is 0 Å². The number of carbonyl (C=O) groups excluding carboxylic acids is 1. The maximum atomic E-state index is 12.8. The zero-order chi connectivity index (χ0) is 17.2. The van der Waals surface area contributed by atoms with Gasteiger partial charge in [-0.1, -0.05) is 30.3 Å². The molecule has 2 aromatic rings. The van der Waals surface area contributed by atoms with Crippen molar-refractivity contribution in [3.63, 3.8) is 0 Å². The van der Waals surface area contributed by atoms with Crippen LogP contribution in [0.4, 0.5) is 0 Å². The van der Waals surface area contributed by atoms with E-state index in [0.717, 1.165) is 37.7 Å². The third-order valence-corrected chi connectivity index (χ3v) is 5.29. The minimum absolute atomic E-state index is 0.198. The number of hydrogen-bond acceptors (Lipinski definition) is 4. The highest BCUT2D eigenvalue weighted by Crippen LogP contribution is 2.25. The average molecular weight is 339 g/mol. The van der Waals surface area contributed by atoms with Crippen LogP contribution in [0.1, 0.15) is 36.1 Å². The Kier molecular flexibility index (Phi) is 4.53. The molecule has 0 aliphatic carbocycles. The lowest BCUT2D eigenvalue weighted by molar-refractivity contribution is -0.134. The van der Waals surface area contributed by atoms with Crippen molar-refractivity contribution >= 4 is 5.91 Å². The Bertz CT molecular complexity index is 736. The lowest BCUT2D eigenvalue weighted by Crippen LogP contribution is -2.45. The van der Waals surface area contributed by atoms with Gasteiger partial charge in [-0.05, 0) is 44.8 Å². The van der Waals surface area contributed by atoms with Crippen molar-refractivity contribution in [2.24, 2.45) is 0 Å². The van der Waals surface area contributed by atoms with E-state index in [0.29, 0.717) is 13.1 Å². The van der Waals surface area contributed by atoms with Crippen LogP contribution in [0.2, 0.25) is 0 Å². The fourth-order valence-corrected chi connectivity index (χ4v) is 4.03. The van der Waals surface area contributed by atoms with Crippen LogP contribution in [-0.4, -0.2) is 56.7 Å². The van der Waals surface area contributed by atoms with E-state index in [9.17, 15) is 4.79 Å². The summed E-state index contributed by atoms with van der Waals surface area (Å²) in [5.74, 6) is 2.05. The first-order chi connectivity index (χ1) is 12.2. The number of rotatable bonds is 4. The fourth-order valence-electron chi connectivity index (χ4n) is 4.03. The molecule has 0 radical (unpaired) electrons. The summed E-state index contributed by atoms with van der Waals surface area (Å²) >= 11 is 0. The van der Waals surface area contributed by atoms with Gasteiger partial charge in [-0.3, -0.25) is 9.69 Å². The smallest absolute Gasteiger partial charge is 0.237 e. The molecule has 132 valence electrons. The summed E-state index contributed by atoms with van der Waals surface area (Å²) in [4.78, 5) is 17.0. The number of fused-ring (bicyclic) bond motifs is 1. The van der Waals surface area contributed by atoms with Gasteiger partial charge in [0.2, 0.25) is 5.91 Å². The molecule has 0 bridgehead atoms. The molecule has 3 heterocycles. The normalized spacial score (nSPS) is 20.7. The first-order valence-corrected chi connectivity index (χ1v) is 9.15. The van der Waals surface area contributed by atoms with Crippen LogP contribution in [0.3, 0.4) is 0 Å². The molecule has 1 aromatic carbocycles. The topological polar surface area (TPSA) is 54.3 Å². The highest BCUT2D eigenvalue weighted by Gasteiger charge is 2.31. The quantitative estimate of drug-likeness (QED) is 0.852. The van der Waals surface area contributed by atoms with Crippen molar-refractivity contribution < 1.29 is 4.79 Å². The maximum absolute atomic E-state index is 12.8. The van der Waals surface area contributed by atoms with Gasteiger partial charge in [0.05, 0.1) is 19.1 Å². The number of carbonyl (C=O) groups is 1. The van der Waals surface area contributed by atoms with Gasteiger partial charge in [-0.25, -0.2) is 0 Å². The van der Waals surface area contributed by atoms with Crippen LogP contribution in [0.15, 0.2) is 30.3 Å². The standard InChI is InChI=1S/C19H25N5O/c1-15-20-21-18-13-23(19(25)14-22-9-5-6-10-22)12-17(24(15)18)11-16-7-3-2-4-8-16/h2-4,7-8,17H,5-6,9-14H2,1H3/t17-/m1/s1. The van der Waals surface area contributed by atoms with Crippen LogP contribution in [-0.2, 0) is 17.8 Å². The number of hydrogen-bond donors (Lipinski definition) is 0. The molecule has 6 heteroatoms. The Morgan fingerprint density at radius 2 is 1.92 bits per heavy atom. The van der Waals surface area contributed by atoms with Crippen LogP contribution >= 0.6 is 0 Å². The summed E-state index contributed by atoms with van der Waals surface area (Å²) < 4.78 is 2.21. The number of nitrogens with zero attached hydrogens (tertiary/aromatic N) is 5. The first-order valence-electron chi connectivity index (χ1n) is 9.15. The number of aryl methyl sites for hydroxylation is 1. The Morgan fingerprint density at radius 1 is 1.16 bits per heavy atom. The molecule has 1 saturated heterocycles. The maximum Gasteiger partial charge on any atom is 0.237 e. The molecule has 4 rings (SSSR count). The Labute approximate surface area is 148 Å². The van der Waals surface area contributed by atoms with Crippen molar-refractivity contribution in [3.05, 3.63) is 47.5 Å². The number of amides is 1. The Hall–Kier alpha value is -2.21. The van der Waals surface area contributed by atoms with Crippen molar-refractivity contribution in [2.75, 3.05) is 26.2 Å². The van der Waals surface area contributed by atoms with Crippen LogP contribution < -0.4 is 0 Å². The SMILES string of the molecule is Cc1nnc2n1[C@H](Cc1ccccc1)CN(C(=O)CN1CCCC1)C2. The van der Waals surface area contributed by atoms with Crippen molar-refractivity contribution in [3.8, 4) is 0 Å². The molecular weight excluding hydrogens is 314 g/mol. The largest absolute Gasteiger partial charge is 0.332 e. The summed E-state index contributed by atoms with van der Waals surface area (Å²) in [7, 11) is 0. The highest BCUT2D eigenvalue weighted by molar-refractivity contribution is 5.78.